The van der Waals surface area contributed by atoms with Crippen molar-refractivity contribution in [1.82, 2.24) is 13.9 Å². The van der Waals surface area contributed by atoms with E-state index in [4.69, 9.17) is 0 Å². The third-order valence-corrected chi connectivity index (χ3v) is 6.48. The first-order valence-electron chi connectivity index (χ1n) is 5.20. The van der Waals surface area contributed by atoms with Crippen LogP contribution in [0, 0.1) is 0 Å². The summed E-state index contributed by atoms with van der Waals surface area (Å²) in [6.45, 7) is 0.643. The van der Waals surface area contributed by atoms with Gasteiger partial charge in [-0.3, -0.25) is 0 Å². The van der Waals surface area contributed by atoms with Crippen molar-refractivity contribution in [2.75, 3.05) is 12.3 Å². The highest BCUT2D eigenvalue weighted by Crippen LogP contribution is 2.39. The highest BCUT2D eigenvalue weighted by atomic mass is 32.2. The Morgan fingerprint density at radius 3 is 2.88 bits per heavy atom. The molecule has 2 aliphatic rings. The van der Waals surface area contributed by atoms with Crippen molar-refractivity contribution in [3.63, 3.8) is 0 Å². The quantitative estimate of drug-likeness (QED) is 0.766. The topological polar surface area (TPSA) is 55.2 Å². The van der Waals surface area contributed by atoms with Gasteiger partial charge in [0, 0.05) is 43.0 Å². The fraction of sp³-hybridized carbons (Fsp3) is 0.667. The van der Waals surface area contributed by atoms with Gasteiger partial charge in [0.1, 0.15) is 0 Å². The second-order valence-corrected chi connectivity index (χ2v) is 7.36. The summed E-state index contributed by atoms with van der Waals surface area (Å²) in [4.78, 5) is 3.94. The Bertz CT molecular complexity index is 511. The smallest absolute Gasteiger partial charge is 0.277 e. The van der Waals surface area contributed by atoms with E-state index in [0.29, 0.717) is 11.8 Å². The number of sulfonamides is 1. The minimum Gasteiger partial charge on any atom is -0.324 e. The Kier molecular flexibility index (Phi) is 2.31. The van der Waals surface area contributed by atoms with E-state index < -0.39 is 10.0 Å². The van der Waals surface area contributed by atoms with Gasteiger partial charge in [-0.05, 0) is 6.42 Å². The lowest BCUT2D eigenvalue weighted by Gasteiger charge is -2.25. The van der Waals surface area contributed by atoms with E-state index in [0.717, 1.165) is 12.2 Å². The van der Waals surface area contributed by atoms with Gasteiger partial charge < -0.3 is 4.57 Å². The monoisotopic (exact) mass is 259 g/mol. The largest absolute Gasteiger partial charge is 0.324 e. The lowest BCUT2D eigenvalue weighted by Crippen LogP contribution is -2.40. The molecule has 0 aromatic carbocycles. The molecule has 7 heteroatoms. The molecule has 0 saturated carbocycles. The first kappa shape index (κ1) is 10.6. The van der Waals surface area contributed by atoms with Gasteiger partial charge in [-0.1, -0.05) is 0 Å². The summed E-state index contributed by atoms with van der Waals surface area (Å²) in [7, 11) is -1.67. The number of fused-ring (bicyclic) bond motifs is 2. The molecular formula is C9H13N3O2S2. The van der Waals surface area contributed by atoms with Crippen LogP contribution in [0.1, 0.15) is 6.42 Å². The zero-order chi connectivity index (χ0) is 11.3. The van der Waals surface area contributed by atoms with E-state index in [1.165, 1.54) is 6.20 Å². The van der Waals surface area contributed by atoms with Crippen molar-refractivity contribution in [2.45, 2.75) is 22.9 Å². The molecule has 2 bridgehead atoms. The summed E-state index contributed by atoms with van der Waals surface area (Å²) in [6, 6.07) is 0.177. The first-order chi connectivity index (χ1) is 7.59. The molecule has 0 radical (unpaired) electrons. The molecule has 2 unspecified atom stereocenters. The summed E-state index contributed by atoms with van der Waals surface area (Å²) in [5, 5.41) is 0.644. The standard InChI is InChI=1S/C9H13N3O2S2/c1-11-3-2-10-9(11)16(13,14)12-5-8-4-7(12)6-15-8/h2-3,7-8H,4-6H2,1H3. The molecule has 0 aliphatic carbocycles. The van der Waals surface area contributed by atoms with Crippen LogP contribution in [0.5, 0.6) is 0 Å². The van der Waals surface area contributed by atoms with E-state index in [1.54, 1.807) is 22.1 Å². The fourth-order valence-corrected chi connectivity index (χ4v) is 5.75. The van der Waals surface area contributed by atoms with Crippen LogP contribution in [0.25, 0.3) is 0 Å². The van der Waals surface area contributed by atoms with Crippen molar-refractivity contribution >= 4 is 21.8 Å². The predicted molar refractivity (Wildman–Crippen MR) is 61.8 cm³/mol. The van der Waals surface area contributed by atoms with Gasteiger partial charge in [0.15, 0.2) is 0 Å². The molecule has 0 N–H and O–H groups in total. The van der Waals surface area contributed by atoms with Crippen LogP contribution in [0.15, 0.2) is 17.6 Å². The number of aryl methyl sites for hydroxylation is 1. The minimum atomic E-state index is -3.39. The number of rotatable bonds is 2. The summed E-state index contributed by atoms with van der Waals surface area (Å²) < 4.78 is 27.9. The van der Waals surface area contributed by atoms with Gasteiger partial charge in [-0.15, -0.1) is 0 Å². The average molecular weight is 259 g/mol. The molecule has 2 fully saturated rings. The van der Waals surface area contributed by atoms with Gasteiger partial charge in [0.25, 0.3) is 10.0 Å². The summed E-state index contributed by atoms with van der Waals surface area (Å²) in [5.41, 5.74) is 0. The van der Waals surface area contributed by atoms with Gasteiger partial charge in [-0.25, -0.2) is 13.4 Å². The molecule has 16 heavy (non-hydrogen) atoms. The average Bonchev–Trinajstić information content (AvgIpc) is 2.91. The lowest BCUT2D eigenvalue weighted by molar-refractivity contribution is 0.403. The number of aromatic nitrogens is 2. The van der Waals surface area contributed by atoms with Crippen molar-refractivity contribution in [3.8, 4) is 0 Å². The maximum absolute atomic E-state index is 12.3. The van der Waals surface area contributed by atoms with Crippen molar-refractivity contribution in [1.29, 1.82) is 0 Å². The van der Waals surface area contributed by atoms with Gasteiger partial charge >= 0.3 is 0 Å². The van der Waals surface area contributed by atoms with Crippen LogP contribution in [0.4, 0.5) is 0 Å². The van der Waals surface area contributed by atoms with Crippen LogP contribution in [-0.2, 0) is 17.1 Å². The fourth-order valence-electron chi connectivity index (χ4n) is 2.36. The Labute approximate surface area is 98.9 Å². The van der Waals surface area contributed by atoms with E-state index in [1.807, 2.05) is 11.8 Å². The molecular weight excluding hydrogens is 246 g/mol. The van der Waals surface area contributed by atoms with Crippen LogP contribution in [0.2, 0.25) is 0 Å². The Hall–Kier alpha value is -0.530. The molecule has 5 nitrogen and oxygen atoms in total. The number of imidazole rings is 1. The Balaban J connectivity index is 1.98. The summed E-state index contributed by atoms with van der Waals surface area (Å²) in [5.74, 6) is 0.925. The van der Waals surface area contributed by atoms with Crippen LogP contribution >= 0.6 is 11.8 Å². The normalized spacial score (nSPS) is 30.1. The number of thioether (sulfide) groups is 1. The molecule has 3 heterocycles. The van der Waals surface area contributed by atoms with Crippen LogP contribution < -0.4 is 0 Å². The maximum Gasteiger partial charge on any atom is 0.277 e. The van der Waals surface area contributed by atoms with E-state index in [-0.39, 0.29) is 11.2 Å². The van der Waals surface area contributed by atoms with Crippen LogP contribution in [-0.4, -0.2) is 45.9 Å². The van der Waals surface area contributed by atoms with E-state index in [9.17, 15) is 8.42 Å². The van der Waals surface area contributed by atoms with E-state index in [2.05, 4.69) is 4.98 Å². The zero-order valence-corrected chi connectivity index (χ0v) is 10.5. The van der Waals surface area contributed by atoms with E-state index >= 15 is 0 Å². The molecule has 0 spiro atoms. The summed E-state index contributed by atoms with van der Waals surface area (Å²) >= 11 is 1.88. The zero-order valence-electron chi connectivity index (χ0n) is 8.91. The van der Waals surface area contributed by atoms with Gasteiger partial charge in [0.05, 0.1) is 0 Å². The Morgan fingerprint density at radius 1 is 1.56 bits per heavy atom. The molecule has 1 aromatic rings. The molecule has 88 valence electrons. The van der Waals surface area contributed by atoms with Crippen molar-refractivity contribution < 1.29 is 8.42 Å². The van der Waals surface area contributed by atoms with Gasteiger partial charge in [-0.2, -0.15) is 16.1 Å². The maximum atomic E-state index is 12.3. The third kappa shape index (κ3) is 1.42. The highest BCUT2D eigenvalue weighted by molar-refractivity contribution is 8.00. The van der Waals surface area contributed by atoms with Crippen LogP contribution in [0.3, 0.4) is 0 Å². The van der Waals surface area contributed by atoms with Gasteiger partial charge in [0.2, 0.25) is 5.16 Å². The predicted octanol–water partition coefficient (Wildman–Crippen LogP) is 0.298. The summed E-state index contributed by atoms with van der Waals surface area (Å²) in [6.07, 6.45) is 4.18. The lowest BCUT2D eigenvalue weighted by atomic mass is 10.3. The molecule has 3 rings (SSSR count). The van der Waals surface area contributed by atoms with Crippen molar-refractivity contribution in [2.24, 2.45) is 7.05 Å². The molecule has 2 aliphatic heterocycles. The number of nitrogens with zero attached hydrogens (tertiary/aromatic N) is 3. The number of hydrogen-bond acceptors (Lipinski definition) is 4. The molecule has 0 amide bonds. The second-order valence-electron chi connectivity index (χ2n) is 4.24. The molecule has 2 saturated heterocycles. The molecule has 2 atom stereocenters. The SMILES string of the molecule is Cn1ccnc1S(=O)(=O)N1CC2CC1CS2. The second kappa shape index (κ2) is 3.48. The Morgan fingerprint density at radius 2 is 2.38 bits per heavy atom. The third-order valence-electron chi connectivity index (χ3n) is 3.17. The minimum absolute atomic E-state index is 0.157. The molecule has 1 aromatic heterocycles. The number of hydrogen-bond donors (Lipinski definition) is 0. The van der Waals surface area contributed by atoms with Crippen molar-refractivity contribution in [3.05, 3.63) is 12.4 Å². The highest BCUT2D eigenvalue weighted by Gasteiger charge is 2.45. The first-order valence-corrected chi connectivity index (χ1v) is 7.68.